The topological polar surface area (TPSA) is 50.5 Å². The third-order valence-corrected chi connectivity index (χ3v) is 3.21. The Labute approximate surface area is 102 Å². The fourth-order valence-electron chi connectivity index (χ4n) is 2.10. The van der Waals surface area contributed by atoms with Gasteiger partial charge < -0.3 is 14.5 Å². The van der Waals surface area contributed by atoms with Gasteiger partial charge >= 0.3 is 0 Å². The molecule has 0 aliphatic carbocycles. The average molecular weight is 239 g/mol. The Balaban J connectivity index is 1.76. The van der Waals surface area contributed by atoms with Gasteiger partial charge in [-0.1, -0.05) is 0 Å². The van der Waals surface area contributed by atoms with E-state index in [1.165, 1.54) is 6.39 Å². The van der Waals surface area contributed by atoms with Gasteiger partial charge in [-0.25, -0.2) is 4.98 Å². The highest BCUT2D eigenvalue weighted by atomic mass is 16.5. The van der Waals surface area contributed by atoms with Gasteiger partial charge in [0, 0.05) is 25.2 Å². The molecule has 2 heterocycles. The summed E-state index contributed by atoms with van der Waals surface area (Å²) in [6, 6.07) is 0. The lowest BCUT2D eigenvalue weighted by molar-refractivity contribution is -0.00976. The second kappa shape index (κ2) is 5.62. The van der Waals surface area contributed by atoms with Crippen LogP contribution in [0.1, 0.15) is 19.6 Å². The van der Waals surface area contributed by atoms with Gasteiger partial charge in [0.2, 0.25) is 0 Å². The predicted molar refractivity (Wildman–Crippen MR) is 64.7 cm³/mol. The molecule has 1 aromatic rings. The smallest absolute Gasteiger partial charge is 0.180 e. The van der Waals surface area contributed by atoms with Gasteiger partial charge in [-0.3, -0.25) is 4.90 Å². The Morgan fingerprint density at radius 1 is 1.41 bits per heavy atom. The molecule has 96 valence electrons. The van der Waals surface area contributed by atoms with Crippen molar-refractivity contribution >= 4 is 0 Å². The standard InChI is InChI=1S/C12H21N3O2/c1-12(2,15-3-5-16-6-4-15)9-13-7-11-8-14-10-17-11/h8,10,13H,3-7,9H2,1-2H3. The number of hydrogen-bond acceptors (Lipinski definition) is 5. The van der Waals surface area contributed by atoms with Crippen molar-refractivity contribution in [2.75, 3.05) is 32.8 Å². The molecule has 0 radical (unpaired) electrons. The number of hydrogen-bond donors (Lipinski definition) is 1. The predicted octanol–water partition coefficient (Wildman–Crippen LogP) is 0.875. The van der Waals surface area contributed by atoms with Gasteiger partial charge in [-0.15, -0.1) is 0 Å². The maximum Gasteiger partial charge on any atom is 0.180 e. The average Bonchev–Trinajstić information content (AvgIpc) is 2.83. The first-order valence-electron chi connectivity index (χ1n) is 6.09. The molecule has 5 nitrogen and oxygen atoms in total. The van der Waals surface area contributed by atoms with Gasteiger partial charge in [-0.2, -0.15) is 0 Å². The van der Waals surface area contributed by atoms with E-state index < -0.39 is 0 Å². The number of morpholine rings is 1. The Kier molecular flexibility index (Phi) is 4.15. The van der Waals surface area contributed by atoms with Crippen LogP contribution in [0.2, 0.25) is 0 Å². The lowest BCUT2D eigenvalue weighted by atomic mass is 10.0. The zero-order valence-electron chi connectivity index (χ0n) is 10.6. The molecule has 17 heavy (non-hydrogen) atoms. The Hall–Kier alpha value is -0.910. The van der Waals surface area contributed by atoms with Gasteiger partial charge in [0.1, 0.15) is 5.76 Å². The summed E-state index contributed by atoms with van der Waals surface area (Å²) < 4.78 is 10.6. The third kappa shape index (κ3) is 3.52. The Morgan fingerprint density at radius 2 is 2.18 bits per heavy atom. The van der Waals surface area contributed by atoms with Crippen LogP contribution >= 0.6 is 0 Å². The van der Waals surface area contributed by atoms with E-state index in [4.69, 9.17) is 9.15 Å². The summed E-state index contributed by atoms with van der Waals surface area (Å²) in [7, 11) is 0. The molecule has 0 unspecified atom stereocenters. The second-order valence-corrected chi connectivity index (χ2v) is 4.98. The van der Waals surface area contributed by atoms with Crippen molar-refractivity contribution in [1.82, 2.24) is 15.2 Å². The second-order valence-electron chi connectivity index (χ2n) is 4.98. The quantitative estimate of drug-likeness (QED) is 0.826. The van der Waals surface area contributed by atoms with Crippen molar-refractivity contribution in [2.24, 2.45) is 0 Å². The lowest BCUT2D eigenvalue weighted by Crippen LogP contribution is -2.54. The minimum atomic E-state index is 0.143. The van der Waals surface area contributed by atoms with Gasteiger partial charge in [0.15, 0.2) is 6.39 Å². The zero-order chi connectivity index (χ0) is 12.1. The minimum Gasteiger partial charge on any atom is -0.447 e. The van der Waals surface area contributed by atoms with Crippen LogP contribution in [0.3, 0.4) is 0 Å². The summed E-state index contributed by atoms with van der Waals surface area (Å²) in [6.07, 6.45) is 3.21. The van der Waals surface area contributed by atoms with E-state index in [9.17, 15) is 0 Å². The molecule has 0 amide bonds. The molecule has 1 aliphatic heterocycles. The fraction of sp³-hybridized carbons (Fsp3) is 0.750. The molecule has 0 bridgehead atoms. The van der Waals surface area contributed by atoms with Crippen molar-refractivity contribution < 1.29 is 9.15 Å². The highest BCUT2D eigenvalue weighted by Gasteiger charge is 2.27. The van der Waals surface area contributed by atoms with Crippen LogP contribution < -0.4 is 5.32 Å². The molecule has 0 spiro atoms. The van der Waals surface area contributed by atoms with Gasteiger partial charge in [-0.05, 0) is 13.8 Å². The van der Waals surface area contributed by atoms with E-state index in [2.05, 4.69) is 29.0 Å². The van der Waals surface area contributed by atoms with Crippen LogP contribution in [-0.4, -0.2) is 48.3 Å². The first-order valence-corrected chi connectivity index (χ1v) is 6.09. The van der Waals surface area contributed by atoms with Crippen molar-refractivity contribution in [3.63, 3.8) is 0 Å². The van der Waals surface area contributed by atoms with Crippen molar-refractivity contribution in [1.29, 1.82) is 0 Å². The van der Waals surface area contributed by atoms with E-state index in [-0.39, 0.29) is 5.54 Å². The van der Waals surface area contributed by atoms with Gasteiger partial charge in [0.25, 0.3) is 0 Å². The lowest BCUT2D eigenvalue weighted by Gasteiger charge is -2.41. The molecule has 1 aliphatic rings. The van der Waals surface area contributed by atoms with Crippen LogP contribution in [0, 0.1) is 0 Å². The van der Waals surface area contributed by atoms with Gasteiger partial charge in [0.05, 0.1) is 26.0 Å². The van der Waals surface area contributed by atoms with E-state index in [1.54, 1.807) is 6.20 Å². The molecule has 0 saturated carbocycles. The van der Waals surface area contributed by atoms with E-state index in [1.807, 2.05) is 0 Å². The fourth-order valence-corrected chi connectivity index (χ4v) is 2.10. The molecule has 0 aromatic carbocycles. The van der Waals surface area contributed by atoms with Crippen molar-refractivity contribution in [2.45, 2.75) is 25.9 Å². The van der Waals surface area contributed by atoms with Crippen molar-refractivity contribution in [3.05, 3.63) is 18.4 Å². The number of rotatable bonds is 5. The van der Waals surface area contributed by atoms with E-state index in [0.29, 0.717) is 0 Å². The van der Waals surface area contributed by atoms with E-state index in [0.717, 1.165) is 45.2 Å². The number of oxazole rings is 1. The van der Waals surface area contributed by atoms with Crippen molar-refractivity contribution in [3.8, 4) is 0 Å². The molecule has 1 fully saturated rings. The molecule has 1 aromatic heterocycles. The normalized spacial score (nSPS) is 18.5. The molecular formula is C12H21N3O2. The van der Waals surface area contributed by atoms with E-state index >= 15 is 0 Å². The Bertz CT molecular complexity index is 319. The first kappa shape index (κ1) is 12.5. The van der Waals surface area contributed by atoms with Crippen LogP contribution in [-0.2, 0) is 11.3 Å². The number of aromatic nitrogens is 1. The SMILES string of the molecule is CC(C)(CNCc1cnco1)N1CCOCC1. The monoisotopic (exact) mass is 239 g/mol. The maximum atomic E-state index is 5.37. The van der Waals surface area contributed by atoms with Crippen LogP contribution in [0.15, 0.2) is 17.0 Å². The number of nitrogens with zero attached hydrogens (tertiary/aromatic N) is 2. The summed E-state index contributed by atoms with van der Waals surface area (Å²) in [5.41, 5.74) is 0.143. The number of nitrogens with one attached hydrogen (secondary N) is 1. The summed E-state index contributed by atoms with van der Waals surface area (Å²) in [5.74, 6) is 0.878. The van der Waals surface area contributed by atoms with Crippen LogP contribution in [0.25, 0.3) is 0 Å². The largest absolute Gasteiger partial charge is 0.447 e. The summed E-state index contributed by atoms with van der Waals surface area (Å²) in [6.45, 7) is 9.87. The first-order chi connectivity index (χ1) is 8.18. The highest BCUT2D eigenvalue weighted by Crippen LogP contribution is 2.15. The maximum absolute atomic E-state index is 5.37. The summed E-state index contributed by atoms with van der Waals surface area (Å²) in [4.78, 5) is 6.36. The molecule has 1 N–H and O–H groups in total. The Morgan fingerprint density at radius 3 is 2.82 bits per heavy atom. The molecular weight excluding hydrogens is 218 g/mol. The number of ether oxygens (including phenoxy) is 1. The van der Waals surface area contributed by atoms with Crippen LogP contribution in [0.5, 0.6) is 0 Å². The minimum absolute atomic E-state index is 0.143. The summed E-state index contributed by atoms with van der Waals surface area (Å²) >= 11 is 0. The molecule has 5 heteroatoms. The summed E-state index contributed by atoms with van der Waals surface area (Å²) in [5, 5.41) is 3.41. The highest BCUT2D eigenvalue weighted by molar-refractivity contribution is 4.90. The molecule has 2 rings (SSSR count). The molecule has 0 atom stereocenters. The third-order valence-electron chi connectivity index (χ3n) is 3.21. The zero-order valence-corrected chi connectivity index (χ0v) is 10.6. The molecule has 1 saturated heterocycles. The van der Waals surface area contributed by atoms with Crippen LogP contribution in [0.4, 0.5) is 0 Å².